The first kappa shape index (κ1) is 31.5. The Kier molecular flexibility index (Phi) is 12.4. The van der Waals surface area contributed by atoms with Crippen LogP contribution >= 0.6 is 0 Å². The number of rotatable bonds is 10. The Morgan fingerprint density at radius 1 is 1.05 bits per heavy atom. The summed E-state index contributed by atoms with van der Waals surface area (Å²) in [6.45, 7) is 12.2. The van der Waals surface area contributed by atoms with Gasteiger partial charge in [-0.1, -0.05) is 13.8 Å². The Balaban J connectivity index is 1.78. The summed E-state index contributed by atoms with van der Waals surface area (Å²) in [7, 11) is 0. The Morgan fingerprint density at radius 2 is 1.74 bits per heavy atom. The Hall–Kier alpha value is -2.76. The van der Waals surface area contributed by atoms with Gasteiger partial charge in [0.05, 0.1) is 12.5 Å². The molecule has 2 atom stereocenters. The lowest BCUT2D eigenvalue weighted by Gasteiger charge is -2.35. The smallest absolute Gasteiger partial charge is 0.410 e. The van der Waals surface area contributed by atoms with Crippen LogP contribution in [0.3, 0.4) is 0 Å². The number of hydrogen-bond acceptors (Lipinski definition) is 6. The maximum absolute atomic E-state index is 13.0. The second-order valence-corrected chi connectivity index (χ2v) is 11.9. The van der Waals surface area contributed by atoms with E-state index in [4.69, 9.17) is 15.9 Å². The summed E-state index contributed by atoms with van der Waals surface area (Å²) >= 11 is 0. The third kappa shape index (κ3) is 10.9. The van der Waals surface area contributed by atoms with Crippen molar-refractivity contribution >= 4 is 23.9 Å². The predicted octanol–water partition coefficient (Wildman–Crippen LogP) is 3.75. The molecular weight excluding hydrogens is 486 g/mol. The van der Waals surface area contributed by atoms with Crippen LogP contribution in [0.25, 0.3) is 0 Å². The average molecular weight is 534 g/mol. The summed E-state index contributed by atoms with van der Waals surface area (Å²) in [5.74, 6) is 2.11. The molecule has 2 aliphatic rings. The minimum Gasteiger partial charge on any atom is -0.464 e. The minimum absolute atomic E-state index is 0.0466. The SMILES string of the molecule is C#CC[C@H](NC(=O)[C@@H]1CCCN(C(=O)CCC2CCN(C(=O)OC(C)(C)C)CC2)C1)C(=O)OCCC(C)C. The molecule has 0 aromatic carbocycles. The van der Waals surface area contributed by atoms with Crippen molar-refractivity contribution in [3.63, 3.8) is 0 Å². The number of amides is 3. The molecule has 0 aromatic rings. The molecule has 0 saturated carbocycles. The van der Waals surface area contributed by atoms with Crippen molar-refractivity contribution in [2.75, 3.05) is 32.8 Å². The normalized spacial score (nSPS) is 19.4. The van der Waals surface area contributed by atoms with Crippen LogP contribution < -0.4 is 5.32 Å². The van der Waals surface area contributed by atoms with Crippen LogP contribution in [0.15, 0.2) is 0 Å². The zero-order chi connectivity index (χ0) is 28.3. The molecule has 0 aliphatic carbocycles. The molecule has 0 bridgehead atoms. The standard InChI is InChI=1S/C29H47N3O6/c1-7-9-24(27(35)37-19-15-21(2)3)30-26(34)23-10-8-16-32(20-23)25(33)12-11-22-13-17-31(18-14-22)28(36)38-29(4,5)6/h1,21-24H,8-20H2,2-6H3,(H,30,34)/t23-,24+/m1/s1. The van der Waals surface area contributed by atoms with E-state index >= 15 is 0 Å². The number of piperidine rings is 2. The monoisotopic (exact) mass is 533 g/mol. The maximum atomic E-state index is 13.0. The van der Waals surface area contributed by atoms with Crippen LogP contribution in [0, 0.1) is 30.1 Å². The van der Waals surface area contributed by atoms with E-state index in [0.29, 0.717) is 57.5 Å². The maximum Gasteiger partial charge on any atom is 0.410 e. The van der Waals surface area contributed by atoms with Crippen molar-refractivity contribution in [2.45, 2.75) is 97.6 Å². The van der Waals surface area contributed by atoms with Gasteiger partial charge in [0.2, 0.25) is 11.8 Å². The highest BCUT2D eigenvalue weighted by Gasteiger charge is 2.32. The molecule has 1 N–H and O–H groups in total. The third-order valence-corrected chi connectivity index (χ3v) is 7.04. The minimum atomic E-state index is -0.878. The molecule has 9 heteroatoms. The molecule has 38 heavy (non-hydrogen) atoms. The van der Waals surface area contributed by atoms with E-state index in [1.54, 1.807) is 9.80 Å². The van der Waals surface area contributed by atoms with Crippen molar-refractivity contribution in [1.29, 1.82) is 0 Å². The van der Waals surface area contributed by atoms with E-state index in [1.807, 2.05) is 34.6 Å². The highest BCUT2D eigenvalue weighted by Crippen LogP contribution is 2.25. The number of nitrogens with zero attached hydrogens (tertiary/aromatic N) is 2. The Morgan fingerprint density at radius 3 is 2.34 bits per heavy atom. The Labute approximate surface area is 228 Å². The molecule has 3 amide bonds. The molecule has 2 rings (SSSR count). The van der Waals surface area contributed by atoms with Gasteiger partial charge in [-0.3, -0.25) is 9.59 Å². The van der Waals surface area contributed by atoms with Crippen LogP contribution in [0.2, 0.25) is 0 Å². The van der Waals surface area contributed by atoms with Gasteiger partial charge in [-0.15, -0.1) is 12.3 Å². The van der Waals surface area contributed by atoms with Gasteiger partial charge >= 0.3 is 12.1 Å². The Bertz CT molecular complexity index is 851. The summed E-state index contributed by atoms with van der Waals surface area (Å²) in [5, 5.41) is 2.76. The van der Waals surface area contributed by atoms with Crippen molar-refractivity contribution in [3.05, 3.63) is 0 Å². The van der Waals surface area contributed by atoms with Gasteiger partial charge < -0.3 is 24.6 Å². The number of nitrogens with one attached hydrogen (secondary N) is 1. The number of carbonyl (C=O) groups excluding carboxylic acids is 4. The molecule has 2 fully saturated rings. The molecule has 0 aromatic heterocycles. The number of likely N-dealkylation sites (tertiary alicyclic amines) is 2. The highest BCUT2D eigenvalue weighted by molar-refractivity contribution is 5.86. The van der Waals surface area contributed by atoms with Crippen LogP contribution in [0.5, 0.6) is 0 Å². The van der Waals surface area contributed by atoms with Gasteiger partial charge in [0, 0.05) is 39.0 Å². The van der Waals surface area contributed by atoms with Crippen molar-refractivity contribution in [1.82, 2.24) is 15.1 Å². The lowest BCUT2D eigenvalue weighted by Crippen LogP contribution is -2.49. The van der Waals surface area contributed by atoms with Gasteiger partial charge in [0.25, 0.3) is 0 Å². The number of hydrogen-bond donors (Lipinski definition) is 1. The molecule has 2 saturated heterocycles. The van der Waals surface area contributed by atoms with Crippen molar-refractivity contribution in [3.8, 4) is 12.3 Å². The number of esters is 1. The van der Waals surface area contributed by atoms with E-state index in [1.165, 1.54) is 0 Å². The summed E-state index contributed by atoms with van der Waals surface area (Å²) in [4.78, 5) is 54.1. The van der Waals surface area contributed by atoms with Crippen LogP contribution in [-0.2, 0) is 23.9 Å². The zero-order valence-corrected chi connectivity index (χ0v) is 23.9. The second-order valence-electron chi connectivity index (χ2n) is 11.9. The van der Waals surface area contributed by atoms with Gasteiger partial charge in [0.1, 0.15) is 11.6 Å². The second kappa shape index (κ2) is 15.0. The first-order chi connectivity index (χ1) is 17.9. The summed E-state index contributed by atoms with van der Waals surface area (Å²) < 4.78 is 10.8. The fourth-order valence-corrected chi connectivity index (χ4v) is 4.73. The molecule has 9 nitrogen and oxygen atoms in total. The van der Waals surface area contributed by atoms with Gasteiger partial charge in [0.15, 0.2) is 0 Å². The van der Waals surface area contributed by atoms with Crippen molar-refractivity contribution in [2.24, 2.45) is 17.8 Å². The summed E-state index contributed by atoms with van der Waals surface area (Å²) in [5.41, 5.74) is -0.511. The van der Waals surface area contributed by atoms with Gasteiger partial charge in [-0.05, 0) is 71.1 Å². The number of terminal acetylenes is 1. The number of ether oxygens (including phenoxy) is 2. The van der Waals surface area contributed by atoms with E-state index in [2.05, 4.69) is 11.2 Å². The summed E-state index contributed by atoms with van der Waals surface area (Å²) in [6.07, 6.45) is 10.2. The van der Waals surface area contributed by atoms with Crippen LogP contribution in [0.1, 0.15) is 86.0 Å². The van der Waals surface area contributed by atoms with Crippen LogP contribution in [-0.4, -0.2) is 78.1 Å². The van der Waals surface area contributed by atoms with Gasteiger partial charge in [-0.2, -0.15) is 0 Å². The molecule has 2 aliphatic heterocycles. The lowest BCUT2D eigenvalue weighted by atomic mass is 9.91. The zero-order valence-electron chi connectivity index (χ0n) is 23.9. The average Bonchev–Trinajstić information content (AvgIpc) is 2.86. The van der Waals surface area contributed by atoms with E-state index < -0.39 is 17.6 Å². The molecular formula is C29H47N3O6. The van der Waals surface area contributed by atoms with E-state index in [0.717, 1.165) is 32.1 Å². The topological polar surface area (TPSA) is 105 Å². The fourth-order valence-electron chi connectivity index (χ4n) is 4.73. The number of carbonyl (C=O) groups is 4. The molecule has 2 heterocycles. The largest absolute Gasteiger partial charge is 0.464 e. The lowest BCUT2D eigenvalue weighted by molar-refractivity contribution is -0.149. The fraction of sp³-hybridized carbons (Fsp3) is 0.793. The summed E-state index contributed by atoms with van der Waals surface area (Å²) in [6, 6.07) is -0.878. The molecule has 214 valence electrons. The van der Waals surface area contributed by atoms with E-state index in [-0.39, 0.29) is 30.2 Å². The van der Waals surface area contributed by atoms with Crippen molar-refractivity contribution < 1.29 is 28.7 Å². The third-order valence-electron chi connectivity index (χ3n) is 7.04. The first-order valence-electron chi connectivity index (χ1n) is 14.1. The van der Waals surface area contributed by atoms with Crippen LogP contribution in [0.4, 0.5) is 4.79 Å². The van der Waals surface area contributed by atoms with Gasteiger partial charge in [-0.25, -0.2) is 9.59 Å². The quantitative estimate of drug-likeness (QED) is 0.339. The highest BCUT2D eigenvalue weighted by atomic mass is 16.6. The molecule has 0 spiro atoms. The molecule has 0 radical (unpaired) electrons. The molecule has 0 unspecified atom stereocenters. The predicted molar refractivity (Wildman–Crippen MR) is 145 cm³/mol. The van der Waals surface area contributed by atoms with E-state index in [9.17, 15) is 19.2 Å². The first-order valence-corrected chi connectivity index (χ1v) is 14.1.